The van der Waals surface area contributed by atoms with Crippen LogP contribution in [0.4, 0.5) is 11.4 Å². The molecule has 0 aliphatic carbocycles. The van der Waals surface area contributed by atoms with Gasteiger partial charge in [-0.05, 0) is 56.9 Å². The van der Waals surface area contributed by atoms with E-state index in [0.717, 1.165) is 16.8 Å². The van der Waals surface area contributed by atoms with Gasteiger partial charge in [0.2, 0.25) is 0 Å². The standard InChI is InChI=1S/C14H9BN4O.C7H9N.2CH5N.2H2/c15-20-12-5-13(9-1-3-11(17)4-2-9)14-10(6-16)7-18-19(14)8-12;1-6-2-4-7(8)5-3-6;2*1-2;;/h1-5,7-8H,17H2;2-5H,8H2,1H3;2*2H2,1H3;2*1H/i;;;;2*1+1. The zero-order valence-electron chi connectivity index (χ0n) is 18.5. The monoisotopic (exact) mass is 435 g/mol. The molecule has 0 saturated heterocycles. The van der Waals surface area contributed by atoms with Gasteiger partial charge in [0.15, 0.2) is 0 Å². The molecule has 0 unspecified atom stereocenters. The average Bonchev–Trinajstić information content (AvgIpc) is 3.27. The van der Waals surface area contributed by atoms with Crippen LogP contribution in [0.5, 0.6) is 5.75 Å². The maximum Gasteiger partial charge on any atom is 0.374 e. The Kier molecular flexibility index (Phi) is 10.9. The smallest absolute Gasteiger partial charge is 0.374 e. The van der Waals surface area contributed by atoms with Gasteiger partial charge in [-0.25, -0.2) is 4.52 Å². The third-order valence-electron chi connectivity index (χ3n) is 4.14. The van der Waals surface area contributed by atoms with Crippen LogP contribution in [-0.2, 0) is 0 Å². The van der Waals surface area contributed by atoms with Crippen LogP contribution in [0.3, 0.4) is 0 Å². The van der Waals surface area contributed by atoms with Crippen molar-refractivity contribution in [2.75, 3.05) is 25.6 Å². The van der Waals surface area contributed by atoms with E-state index in [2.05, 4.69) is 22.6 Å². The van der Waals surface area contributed by atoms with Gasteiger partial charge in [-0.1, -0.05) is 29.8 Å². The van der Waals surface area contributed by atoms with Crippen molar-refractivity contribution in [2.45, 2.75) is 6.92 Å². The Hall–Kier alpha value is -4.00. The summed E-state index contributed by atoms with van der Waals surface area (Å²) >= 11 is 0. The molecular formula is C23H32BN7O. The van der Waals surface area contributed by atoms with E-state index < -0.39 is 0 Å². The lowest BCUT2D eigenvalue weighted by molar-refractivity contribution is 0.608. The first kappa shape index (κ1) is 26.0. The highest BCUT2D eigenvalue weighted by atomic mass is 16.4. The Labute approximate surface area is 192 Å². The molecule has 2 heterocycles. The van der Waals surface area contributed by atoms with Gasteiger partial charge >= 0.3 is 8.05 Å². The van der Waals surface area contributed by atoms with Crippen LogP contribution < -0.4 is 27.6 Å². The molecule has 0 amide bonds. The number of hydrogen-bond acceptors (Lipinski definition) is 7. The number of hydrogen-bond donors (Lipinski definition) is 4. The minimum atomic E-state index is 0. The molecule has 0 aliphatic rings. The van der Waals surface area contributed by atoms with E-state index in [4.69, 9.17) is 24.2 Å². The van der Waals surface area contributed by atoms with E-state index >= 15 is 0 Å². The molecule has 0 atom stereocenters. The summed E-state index contributed by atoms with van der Waals surface area (Å²) in [6, 6.07) is 19.0. The molecule has 0 spiro atoms. The van der Waals surface area contributed by atoms with Gasteiger partial charge in [-0.3, -0.25) is 0 Å². The first-order chi connectivity index (χ1) is 15.5. The number of nitrogen functional groups attached to an aromatic ring is 2. The van der Waals surface area contributed by atoms with Crippen LogP contribution in [0.15, 0.2) is 67.0 Å². The third-order valence-corrected chi connectivity index (χ3v) is 4.14. The summed E-state index contributed by atoms with van der Waals surface area (Å²) in [5, 5.41) is 13.3. The summed E-state index contributed by atoms with van der Waals surface area (Å²) < 4.78 is 6.36. The number of anilines is 2. The number of aryl methyl sites for hydroxylation is 1. The van der Waals surface area contributed by atoms with E-state index in [1.165, 1.54) is 25.9 Å². The van der Waals surface area contributed by atoms with Gasteiger partial charge in [-0.15, -0.1) is 0 Å². The third kappa shape index (κ3) is 6.77. The van der Waals surface area contributed by atoms with Gasteiger partial charge in [0.1, 0.15) is 11.8 Å². The van der Waals surface area contributed by atoms with E-state index in [9.17, 15) is 5.26 Å². The van der Waals surface area contributed by atoms with Crippen LogP contribution in [0.25, 0.3) is 16.6 Å². The highest BCUT2D eigenvalue weighted by Crippen LogP contribution is 2.31. The van der Waals surface area contributed by atoms with Crippen molar-refractivity contribution in [3.63, 3.8) is 0 Å². The zero-order valence-corrected chi connectivity index (χ0v) is 18.5. The number of fused-ring (bicyclic) bond motifs is 1. The van der Waals surface area contributed by atoms with Gasteiger partial charge in [-0.2, -0.15) is 10.4 Å². The van der Waals surface area contributed by atoms with E-state index in [1.807, 2.05) is 43.3 Å². The van der Waals surface area contributed by atoms with Crippen LogP contribution >= 0.6 is 0 Å². The van der Waals surface area contributed by atoms with E-state index in [1.54, 1.807) is 28.9 Å². The molecule has 0 saturated carbocycles. The first-order valence-electron chi connectivity index (χ1n) is 9.63. The maximum atomic E-state index is 9.19. The van der Waals surface area contributed by atoms with Crippen molar-refractivity contribution in [3.8, 4) is 22.9 Å². The normalized spacial score (nSPS) is 9.12. The summed E-state index contributed by atoms with van der Waals surface area (Å²) in [5.74, 6) is 0.455. The number of aromatic nitrogens is 2. The Bertz CT molecular complexity index is 1120. The van der Waals surface area contributed by atoms with E-state index in [-0.39, 0.29) is 2.85 Å². The number of nitrogens with two attached hydrogens (primary N) is 4. The molecule has 2 radical (unpaired) electrons. The molecule has 2 aromatic heterocycles. The lowest BCUT2D eigenvalue weighted by Crippen LogP contribution is -1.95. The molecule has 2 aromatic carbocycles. The van der Waals surface area contributed by atoms with Crippen LogP contribution in [0.1, 0.15) is 14.0 Å². The quantitative estimate of drug-likeness (QED) is 0.278. The molecule has 4 rings (SSSR count). The van der Waals surface area contributed by atoms with Crippen molar-refractivity contribution in [1.29, 1.82) is 5.26 Å². The number of pyridine rings is 1. The van der Waals surface area contributed by atoms with Gasteiger partial charge in [0.25, 0.3) is 0 Å². The predicted octanol–water partition coefficient (Wildman–Crippen LogP) is 3.14. The van der Waals surface area contributed by atoms with Crippen molar-refractivity contribution in [2.24, 2.45) is 11.5 Å². The molecular weight excluding hydrogens is 401 g/mol. The van der Waals surface area contributed by atoms with Crippen LogP contribution in [-0.4, -0.2) is 31.8 Å². The molecule has 32 heavy (non-hydrogen) atoms. The highest BCUT2D eigenvalue weighted by Gasteiger charge is 2.12. The highest BCUT2D eigenvalue weighted by molar-refractivity contribution is 6.00. The Balaban J connectivity index is 0. The summed E-state index contributed by atoms with van der Waals surface area (Å²) in [5.41, 5.74) is 25.8. The molecule has 9 heteroatoms. The zero-order chi connectivity index (χ0) is 24.1. The Morgan fingerprint density at radius 1 is 0.969 bits per heavy atom. The average molecular weight is 435 g/mol. The van der Waals surface area contributed by atoms with Crippen molar-refractivity contribution in [1.82, 2.24) is 9.61 Å². The Morgan fingerprint density at radius 2 is 1.50 bits per heavy atom. The number of nitriles is 1. The van der Waals surface area contributed by atoms with Gasteiger partial charge in [0.05, 0.1) is 23.5 Å². The second-order valence-corrected chi connectivity index (χ2v) is 6.20. The lowest BCUT2D eigenvalue weighted by atomic mass is 10.0. The molecule has 0 aliphatic heterocycles. The maximum absolute atomic E-state index is 9.19. The number of nitrogens with zero attached hydrogens (tertiary/aromatic N) is 3. The molecule has 0 fully saturated rings. The summed E-state index contributed by atoms with van der Waals surface area (Å²) in [6.45, 7) is 2.04. The van der Waals surface area contributed by atoms with Gasteiger partial charge in [0, 0.05) is 19.8 Å². The second kappa shape index (κ2) is 13.3. The SMILES string of the molecule is CN.CN.Cc1ccc(N)cc1.[2HH].[2HH].[B]Oc1cc(-c2ccc(N)cc2)c2c(C#N)cnn2c1. The fraction of sp³-hybridized carbons (Fsp3) is 0.130. The summed E-state index contributed by atoms with van der Waals surface area (Å²) in [4.78, 5) is 0. The van der Waals surface area contributed by atoms with Gasteiger partial charge < -0.3 is 27.6 Å². The molecule has 4 aromatic rings. The van der Waals surface area contributed by atoms with Crippen LogP contribution in [0.2, 0.25) is 0 Å². The summed E-state index contributed by atoms with van der Waals surface area (Å²) in [7, 11) is 8.23. The van der Waals surface area contributed by atoms with Crippen LogP contribution in [0, 0.1) is 18.3 Å². The topological polar surface area (TPSA) is 154 Å². The lowest BCUT2D eigenvalue weighted by Gasteiger charge is -2.09. The number of benzene rings is 2. The largest absolute Gasteiger partial charge is 0.567 e. The minimum Gasteiger partial charge on any atom is -0.567 e. The van der Waals surface area contributed by atoms with Crippen molar-refractivity contribution in [3.05, 3.63) is 78.1 Å². The second-order valence-electron chi connectivity index (χ2n) is 6.20. The van der Waals surface area contributed by atoms with Crippen molar-refractivity contribution < 1.29 is 7.51 Å². The molecule has 8 nitrogen and oxygen atoms in total. The molecule has 0 bridgehead atoms. The molecule has 8 N–H and O–H groups in total. The fourth-order valence-corrected chi connectivity index (χ4v) is 2.69. The molecule has 168 valence electrons. The van der Waals surface area contributed by atoms with Crippen molar-refractivity contribution >= 4 is 24.9 Å². The minimum absolute atomic E-state index is 0. The summed E-state index contributed by atoms with van der Waals surface area (Å²) in [6.07, 6.45) is 3.13. The fourth-order valence-electron chi connectivity index (χ4n) is 2.69. The Morgan fingerprint density at radius 3 is 1.97 bits per heavy atom. The number of rotatable bonds is 2. The van der Waals surface area contributed by atoms with E-state index in [0.29, 0.717) is 22.5 Å². The first-order valence-corrected chi connectivity index (χ1v) is 9.63. The predicted molar refractivity (Wildman–Crippen MR) is 136 cm³/mol.